The lowest BCUT2D eigenvalue weighted by Crippen LogP contribution is -2.47. The Kier molecular flexibility index (Phi) is 6.27. The van der Waals surface area contributed by atoms with E-state index in [0.717, 1.165) is 72.7 Å². The van der Waals surface area contributed by atoms with Crippen molar-refractivity contribution in [3.8, 4) is 22.9 Å². The van der Waals surface area contributed by atoms with E-state index < -0.39 is 5.79 Å². The molecule has 2 fully saturated rings. The molecule has 0 aromatic heterocycles. The number of ether oxygens (including phenoxy) is 3. The molecular weight excluding hydrogens is 462 g/mol. The van der Waals surface area contributed by atoms with E-state index in [2.05, 4.69) is 65.3 Å². The van der Waals surface area contributed by atoms with Gasteiger partial charge in [0.05, 0.1) is 31.6 Å². The van der Waals surface area contributed by atoms with Crippen molar-refractivity contribution in [3.63, 3.8) is 0 Å². The molecule has 3 aromatic carbocycles. The standard InChI is InChI=1S/C31H33N3O3/c1-22-29(23-8-10-25(35-2)11-9-23)27-20-31(36-18-19-37-31)13-12-26(27)28(21-32)30(22)34-16-14-33(15-17-34)24-6-4-3-5-7-24/h3-11H,12-20H2,1-2H3. The summed E-state index contributed by atoms with van der Waals surface area (Å²) in [5.74, 6) is 0.260. The van der Waals surface area contributed by atoms with Crippen LogP contribution in [0.5, 0.6) is 5.75 Å². The van der Waals surface area contributed by atoms with Crippen LogP contribution >= 0.6 is 0 Å². The van der Waals surface area contributed by atoms with Crippen LogP contribution in [0, 0.1) is 18.3 Å². The fourth-order valence-electron chi connectivity index (χ4n) is 6.36. The minimum Gasteiger partial charge on any atom is -0.497 e. The summed E-state index contributed by atoms with van der Waals surface area (Å²) in [5.41, 5.74) is 9.01. The molecule has 0 atom stereocenters. The zero-order chi connectivity index (χ0) is 25.4. The zero-order valence-corrected chi connectivity index (χ0v) is 21.6. The van der Waals surface area contributed by atoms with Crippen LogP contribution in [0.1, 0.15) is 28.7 Å². The molecule has 0 N–H and O–H groups in total. The second kappa shape index (κ2) is 9.74. The van der Waals surface area contributed by atoms with E-state index in [1.54, 1.807) is 7.11 Å². The van der Waals surface area contributed by atoms with Gasteiger partial charge in [-0.2, -0.15) is 5.26 Å². The molecule has 2 heterocycles. The van der Waals surface area contributed by atoms with Crippen molar-refractivity contribution < 1.29 is 14.2 Å². The number of hydrogen-bond donors (Lipinski definition) is 0. The minimum atomic E-state index is -0.573. The van der Waals surface area contributed by atoms with E-state index in [1.165, 1.54) is 16.8 Å². The molecule has 0 bridgehead atoms. The average molecular weight is 496 g/mol. The van der Waals surface area contributed by atoms with Gasteiger partial charge in [0.2, 0.25) is 0 Å². The fourth-order valence-corrected chi connectivity index (χ4v) is 6.36. The van der Waals surface area contributed by atoms with E-state index in [0.29, 0.717) is 19.6 Å². The number of nitriles is 1. The third-order valence-corrected chi connectivity index (χ3v) is 8.16. The Hall–Kier alpha value is -3.53. The van der Waals surface area contributed by atoms with Gasteiger partial charge in [-0.25, -0.2) is 0 Å². The van der Waals surface area contributed by atoms with E-state index in [4.69, 9.17) is 14.2 Å². The van der Waals surface area contributed by atoms with Crippen LogP contribution < -0.4 is 14.5 Å². The molecule has 3 aliphatic rings. The van der Waals surface area contributed by atoms with Crippen molar-refractivity contribution in [2.45, 2.75) is 32.0 Å². The predicted octanol–water partition coefficient (Wildman–Crippen LogP) is 5.10. The van der Waals surface area contributed by atoms with Crippen LogP contribution in [-0.2, 0) is 22.3 Å². The average Bonchev–Trinajstić information content (AvgIpc) is 3.40. The Morgan fingerprint density at radius 1 is 0.892 bits per heavy atom. The molecule has 190 valence electrons. The lowest BCUT2D eigenvalue weighted by molar-refractivity contribution is -0.163. The number of methoxy groups -OCH3 is 1. The molecule has 0 amide bonds. The molecular formula is C31H33N3O3. The van der Waals surface area contributed by atoms with Crippen molar-refractivity contribution in [1.29, 1.82) is 5.26 Å². The van der Waals surface area contributed by atoms with Crippen LogP contribution in [0.4, 0.5) is 11.4 Å². The first-order valence-electron chi connectivity index (χ1n) is 13.2. The minimum absolute atomic E-state index is 0.573. The summed E-state index contributed by atoms with van der Waals surface area (Å²) in [6.07, 6.45) is 2.22. The van der Waals surface area contributed by atoms with Gasteiger partial charge in [-0.1, -0.05) is 30.3 Å². The van der Waals surface area contributed by atoms with E-state index in [1.807, 2.05) is 12.1 Å². The van der Waals surface area contributed by atoms with Crippen LogP contribution in [0.15, 0.2) is 54.6 Å². The van der Waals surface area contributed by atoms with Crippen LogP contribution in [0.2, 0.25) is 0 Å². The van der Waals surface area contributed by atoms with Gasteiger partial charge in [0.15, 0.2) is 5.79 Å². The Morgan fingerprint density at radius 2 is 1.57 bits per heavy atom. The van der Waals surface area contributed by atoms with Gasteiger partial charge in [-0.15, -0.1) is 0 Å². The number of rotatable bonds is 4. The molecule has 37 heavy (non-hydrogen) atoms. The third-order valence-electron chi connectivity index (χ3n) is 8.16. The van der Waals surface area contributed by atoms with Crippen molar-refractivity contribution >= 4 is 11.4 Å². The van der Waals surface area contributed by atoms with Gasteiger partial charge in [0.1, 0.15) is 11.8 Å². The highest BCUT2D eigenvalue weighted by Crippen LogP contribution is 2.46. The Morgan fingerprint density at radius 3 is 2.22 bits per heavy atom. The first-order chi connectivity index (χ1) is 18.1. The van der Waals surface area contributed by atoms with Crippen LogP contribution in [0.25, 0.3) is 11.1 Å². The quantitative estimate of drug-likeness (QED) is 0.502. The number of anilines is 2. The van der Waals surface area contributed by atoms with E-state index >= 15 is 0 Å². The zero-order valence-electron chi connectivity index (χ0n) is 21.6. The van der Waals surface area contributed by atoms with E-state index in [9.17, 15) is 5.26 Å². The SMILES string of the molecule is COc1ccc(-c2c(C)c(N3CCN(c4ccccc4)CC3)c(C#N)c3c2CC2(CC3)OCCO2)cc1. The maximum absolute atomic E-state index is 10.5. The van der Waals surface area contributed by atoms with Crippen molar-refractivity contribution in [2.75, 3.05) is 56.3 Å². The molecule has 6 heteroatoms. The van der Waals surface area contributed by atoms with Gasteiger partial charge in [-0.3, -0.25) is 0 Å². The third kappa shape index (κ3) is 4.22. The Labute approximate surface area is 219 Å². The second-order valence-electron chi connectivity index (χ2n) is 10.1. The molecule has 1 aliphatic carbocycles. The highest BCUT2D eigenvalue weighted by molar-refractivity contribution is 5.84. The summed E-state index contributed by atoms with van der Waals surface area (Å²) >= 11 is 0. The van der Waals surface area contributed by atoms with E-state index in [-0.39, 0.29) is 0 Å². The number of hydrogen-bond acceptors (Lipinski definition) is 6. The summed E-state index contributed by atoms with van der Waals surface area (Å²) in [6, 6.07) is 21.5. The number of benzene rings is 3. The highest BCUT2D eigenvalue weighted by Gasteiger charge is 2.42. The normalized spacial score (nSPS) is 18.5. The summed E-state index contributed by atoms with van der Waals surface area (Å²) in [7, 11) is 1.69. The highest BCUT2D eigenvalue weighted by atomic mass is 16.7. The maximum Gasteiger partial charge on any atom is 0.172 e. The lowest BCUT2D eigenvalue weighted by atomic mass is 9.77. The van der Waals surface area contributed by atoms with Crippen LogP contribution in [-0.4, -0.2) is 52.3 Å². The first-order valence-corrected chi connectivity index (χ1v) is 13.2. The Bertz CT molecular complexity index is 1320. The number of para-hydroxylation sites is 1. The first kappa shape index (κ1) is 23.8. The molecule has 1 spiro atoms. The largest absolute Gasteiger partial charge is 0.497 e. The molecule has 0 saturated carbocycles. The van der Waals surface area contributed by atoms with Gasteiger partial charge in [-0.05, 0) is 65.4 Å². The fraction of sp³-hybridized carbons (Fsp3) is 0.387. The summed E-state index contributed by atoms with van der Waals surface area (Å²) < 4.78 is 17.7. The van der Waals surface area contributed by atoms with Crippen molar-refractivity contribution in [1.82, 2.24) is 0 Å². The van der Waals surface area contributed by atoms with Gasteiger partial charge >= 0.3 is 0 Å². The number of fused-ring (bicyclic) bond motifs is 1. The summed E-state index contributed by atoms with van der Waals surface area (Å²) in [4.78, 5) is 4.85. The lowest BCUT2D eigenvalue weighted by Gasteiger charge is -2.41. The maximum atomic E-state index is 10.5. The molecule has 0 unspecified atom stereocenters. The predicted molar refractivity (Wildman–Crippen MR) is 145 cm³/mol. The molecule has 2 aliphatic heterocycles. The van der Waals surface area contributed by atoms with Crippen LogP contribution in [0.3, 0.4) is 0 Å². The molecule has 6 nitrogen and oxygen atoms in total. The van der Waals surface area contributed by atoms with Gasteiger partial charge < -0.3 is 24.0 Å². The van der Waals surface area contributed by atoms with Crippen molar-refractivity contribution in [2.24, 2.45) is 0 Å². The van der Waals surface area contributed by atoms with Gasteiger partial charge in [0, 0.05) is 44.7 Å². The number of nitrogens with zero attached hydrogens (tertiary/aromatic N) is 3. The monoisotopic (exact) mass is 495 g/mol. The molecule has 2 saturated heterocycles. The topological polar surface area (TPSA) is 58.0 Å². The second-order valence-corrected chi connectivity index (χ2v) is 10.1. The summed E-state index contributed by atoms with van der Waals surface area (Å²) in [6.45, 7) is 7.03. The molecule has 0 radical (unpaired) electrons. The van der Waals surface area contributed by atoms with Crippen molar-refractivity contribution in [3.05, 3.63) is 76.9 Å². The van der Waals surface area contributed by atoms with Gasteiger partial charge in [0.25, 0.3) is 0 Å². The molecule has 3 aromatic rings. The number of piperazine rings is 1. The Balaban J connectivity index is 1.44. The smallest absolute Gasteiger partial charge is 0.172 e. The molecule has 6 rings (SSSR count). The summed E-state index contributed by atoms with van der Waals surface area (Å²) in [5, 5.41) is 10.5.